The van der Waals surface area contributed by atoms with E-state index in [0.717, 1.165) is 5.56 Å². The Balaban J connectivity index is 2.30. The SMILES string of the molecule is Cc1ccc2nc(OC(C)C)c(-c3cc(C#N)ccc3F)nc2c1. The highest BCUT2D eigenvalue weighted by Gasteiger charge is 2.18. The maximum Gasteiger partial charge on any atom is 0.241 e. The molecule has 0 atom stereocenters. The second kappa shape index (κ2) is 6.25. The number of aromatic nitrogens is 2. The molecule has 1 aromatic heterocycles. The Morgan fingerprint density at radius 2 is 1.88 bits per heavy atom. The van der Waals surface area contributed by atoms with Gasteiger partial charge in [0.1, 0.15) is 11.5 Å². The Morgan fingerprint density at radius 3 is 2.58 bits per heavy atom. The van der Waals surface area contributed by atoms with Crippen LogP contribution in [0.25, 0.3) is 22.3 Å². The lowest BCUT2D eigenvalue weighted by Gasteiger charge is -2.14. The largest absolute Gasteiger partial charge is 0.473 e. The van der Waals surface area contributed by atoms with Crippen molar-refractivity contribution in [2.24, 2.45) is 0 Å². The van der Waals surface area contributed by atoms with Gasteiger partial charge in [-0.05, 0) is 56.7 Å². The van der Waals surface area contributed by atoms with Crippen molar-refractivity contribution in [1.82, 2.24) is 9.97 Å². The van der Waals surface area contributed by atoms with E-state index in [0.29, 0.717) is 22.3 Å². The maximum absolute atomic E-state index is 14.4. The van der Waals surface area contributed by atoms with Crippen molar-refractivity contribution in [3.63, 3.8) is 0 Å². The Morgan fingerprint density at radius 1 is 1.08 bits per heavy atom. The summed E-state index contributed by atoms with van der Waals surface area (Å²) in [5.41, 5.74) is 3.23. The van der Waals surface area contributed by atoms with E-state index in [4.69, 9.17) is 10.00 Å². The highest BCUT2D eigenvalue weighted by atomic mass is 19.1. The summed E-state index contributed by atoms with van der Waals surface area (Å²) in [6.45, 7) is 5.69. The fraction of sp³-hybridized carbons (Fsp3) is 0.211. The summed E-state index contributed by atoms with van der Waals surface area (Å²) < 4.78 is 20.1. The lowest BCUT2D eigenvalue weighted by molar-refractivity contribution is 0.234. The van der Waals surface area contributed by atoms with Crippen LogP contribution in [0.4, 0.5) is 4.39 Å². The average Bonchev–Trinajstić information content (AvgIpc) is 2.54. The van der Waals surface area contributed by atoms with Crippen LogP contribution in [0.2, 0.25) is 0 Å². The quantitative estimate of drug-likeness (QED) is 0.717. The monoisotopic (exact) mass is 321 g/mol. The second-order valence-corrected chi connectivity index (χ2v) is 5.84. The van der Waals surface area contributed by atoms with Crippen molar-refractivity contribution in [2.45, 2.75) is 26.9 Å². The number of fused-ring (bicyclic) bond motifs is 1. The number of nitrogens with zero attached hydrogens (tertiary/aromatic N) is 3. The van der Waals surface area contributed by atoms with E-state index in [1.54, 1.807) is 0 Å². The minimum atomic E-state index is -0.469. The lowest BCUT2D eigenvalue weighted by atomic mass is 10.1. The van der Waals surface area contributed by atoms with Gasteiger partial charge in [-0.1, -0.05) is 6.07 Å². The van der Waals surface area contributed by atoms with Gasteiger partial charge in [-0.3, -0.25) is 0 Å². The van der Waals surface area contributed by atoms with Crippen molar-refractivity contribution in [3.8, 4) is 23.2 Å². The molecule has 5 heteroatoms. The number of hydrogen-bond donors (Lipinski definition) is 0. The molecule has 24 heavy (non-hydrogen) atoms. The molecule has 3 rings (SSSR count). The van der Waals surface area contributed by atoms with Gasteiger partial charge in [-0.25, -0.2) is 14.4 Å². The van der Waals surface area contributed by atoms with Gasteiger partial charge < -0.3 is 4.74 Å². The molecule has 0 unspecified atom stereocenters. The molecule has 120 valence electrons. The molecule has 0 bridgehead atoms. The lowest BCUT2D eigenvalue weighted by Crippen LogP contribution is -2.09. The zero-order chi connectivity index (χ0) is 17.3. The Bertz CT molecular complexity index is 961. The molecular formula is C19H16FN3O. The van der Waals surface area contributed by atoms with Crippen molar-refractivity contribution < 1.29 is 9.13 Å². The summed E-state index contributed by atoms with van der Waals surface area (Å²) >= 11 is 0. The first-order valence-corrected chi connectivity index (χ1v) is 7.63. The molecular weight excluding hydrogens is 305 g/mol. The molecule has 0 aliphatic heterocycles. The highest BCUT2D eigenvalue weighted by molar-refractivity contribution is 5.80. The number of benzene rings is 2. The third-order valence-corrected chi connectivity index (χ3v) is 3.49. The van der Waals surface area contributed by atoms with Crippen LogP contribution in [0.1, 0.15) is 25.0 Å². The van der Waals surface area contributed by atoms with Gasteiger partial charge in [0, 0.05) is 5.56 Å². The number of halogens is 1. The smallest absolute Gasteiger partial charge is 0.241 e. The van der Waals surface area contributed by atoms with Crippen LogP contribution in [-0.2, 0) is 0 Å². The van der Waals surface area contributed by atoms with Crippen molar-refractivity contribution >= 4 is 11.0 Å². The highest BCUT2D eigenvalue weighted by Crippen LogP contribution is 2.32. The van der Waals surface area contributed by atoms with Crippen LogP contribution in [-0.4, -0.2) is 16.1 Å². The van der Waals surface area contributed by atoms with Gasteiger partial charge in [-0.15, -0.1) is 0 Å². The molecule has 0 fully saturated rings. The first-order valence-electron chi connectivity index (χ1n) is 7.63. The summed E-state index contributed by atoms with van der Waals surface area (Å²) in [5, 5.41) is 9.08. The van der Waals surface area contributed by atoms with Crippen LogP contribution >= 0.6 is 0 Å². The maximum atomic E-state index is 14.4. The number of hydrogen-bond acceptors (Lipinski definition) is 4. The summed E-state index contributed by atoms with van der Waals surface area (Å²) in [6.07, 6.45) is -0.136. The van der Waals surface area contributed by atoms with Crippen LogP contribution in [0.15, 0.2) is 36.4 Å². The van der Waals surface area contributed by atoms with Gasteiger partial charge in [0.25, 0.3) is 0 Å². The molecule has 0 saturated heterocycles. The van der Waals surface area contributed by atoms with E-state index in [-0.39, 0.29) is 17.5 Å². The Labute approximate surface area is 139 Å². The van der Waals surface area contributed by atoms with E-state index >= 15 is 0 Å². The van der Waals surface area contributed by atoms with E-state index in [9.17, 15) is 4.39 Å². The number of rotatable bonds is 3. The van der Waals surface area contributed by atoms with Crippen LogP contribution < -0.4 is 4.74 Å². The van der Waals surface area contributed by atoms with Gasteiger partial charge in [0.15, 0.2) is 0 Å². The van der Waals surface area contributed by atoms with E-state index in [1.165, 1.54) is 18.2 Å². The predicted molar refractivity (Wildman–Crippen MR) is 90.1 cm³/mol. The van der Waals surface area contributed by atoms with Gasteiger partial charge in [0.05, 0.1) is 28.8 Å². The number of ether oxygens (including phenoxy) is 1. The van der Waals surface area contributed by atoms with Gasteiger partial charge in [0.2, 0.25) is 5.88 Å². The summed E-state index contributed by atoms with van der Waals surface area (Å²) in [4.78, 5) is 9.05. The number of nitriles is 1. The second-order valence-electron chi connectivity index (χ2n) is 5.84. The van der Waals surface area contributed by atoms with E-state index in [1.807, 2.05) is 45.0 Å². The molecule has 0 aliphatic rings. The normalized spacial score (nSPS) is 10.8. The molecule has 2 aromatic carbocycles. The van der Waals surface area contributed by atoms with E-state index in [2.05, 4.69) is 9.97 Å². The van der Waals surface area contributed by atoms with Crippen molar-refractivity contribution in [2.75, 3.05) is 0 Å². The molecule has 0 amide bonds. The predicted octanol–water partition coefficient (Wildman–Crippen LogP) is 4.40. The van der Waals surface area contributed by atoms with Crippen LogP contribution in [0.5, 0.6) is 5.88 Å². The fourth-order valence-electron chi connectivity index (χ4n) is 2.41. The van der Waals surface area contributed by atoms with Crippen molar-refractivity contribution in [1.29, 1.82) is 5.26 Å². The average molecular weight is 321 g/mol. The molecule has 0 saturated carbocycles. The fourth-order valence-corrected chi connectivity index (χ4v) is 2.41. The zero-order valence-corrected chi connectivity index (χ0v) is 13.7. The van der Waals surface area contributed by atoms with Gasteiger partial charge >= 0.3 is 0 Å². The van der Waals surface area contributed by atoms with Crippen LogP contribution in [0.3, 0.4) is 0 Å². The van der Waals surface area contributed by atoms with Crippen LogP contribution in [0, 0.1) is 24.1 Å². The Kier molecular flexibility index (Phi) is 4.13. The Hall–Kier alpha value is -3.00. The molecule has 4 nitrogen and oxygen atoms in total. The zero-order valence-electron chi connectivity index (χ0n) is 13.7. The molecule has 0 N–H and O–H groups in total. The molecule has 0 radical (unpaired) electrons. The molecule has 0 spiro atoms. The van der Waals surface area contributed by atoms with Gasteiger partial charge in [-0.2, -0.15) is 5.26 Å². The molecule has 3 aromatic rings. The van der Waals surface area contributed by atoms with E-state index < -0.39 is 5.82 Å². The molecule has 1 heterocycles. The molecule has 0 aliphatic carbocycles. The third kappa shape index (κ3) is 3.04. The first-order chi connectivity index (χ1) is 11.5. The van der Waals surface area contributed by atoms with Crippen molar-refractivity contribution in [3.05, 3.63) is 53.3 Å². The minimum Gasteiger partial charge on any atom is -0.473 e. The number of aryl methyl sites for hydroxylation is 1. The topological polar surface area (TPSA) is 58.8 Å². The first kappa shape index (κ1) is 15.9. The third-order valence-electron chi connectivity index (χ3n) is 3.49. The standard InChI is InChI=1S/C19H16FN3O/c1-11(2)24-19-18(14-9-13(10-21)5-6-15(14)20)22-17-8-12(3)4-7-16(17)23-19/h4-9,11H,1-3H3. The summed E-state index contributed by atoms with van der Waals surface area (Å²) in [7, 11) is 0. The minimum absolute atomic E-state index is 0.136. The summed E-state index contributed by atoms with van der Waals surface area (Å²) in [5.74, 6) is -0.209. The summed E-state index contributed by atoms with van der Waals surface area (Å²) in [6, 6.07) is 11.9.